The van der Waals surface area contributed by atoms with Crippen molar-refractivity contribution in [1.29, 1.82) is 0 Å². The molecule has 2 aliphatic rings. The van der Waals surface area contributed by atoms with Crippen LogP contribution in [0.15, 0.2) is 6.07 Å². The van der Waals surface area contributed by atoms with Crippen LogP contribution in [-0.2, 0) is 11.3 Å². The lowest BCUT2D eigenvalue weighted by molar-refractivity contribution is 0.122. The summed E-state index contributed by atoms with van der Waals surface area (Å²) in [4.78, 5) is 17.7. The average Bonchev–Trinajstić information content (AvgIpc) is 3.10. The summed E-state index contributed by atoms with van der Waals surface area (Å²) in [7, 11) is 2.26. The van der Waals surface area contributed by atoms with Crippen LogP contribution < -0.4 is 4.90 Å². The Bertz CT molecular complexity index is 786. The van der Waals surface area contributed by atoms with Crippen LogP contribution in [0, 0.1) is 0 Å². The minimum Gasteiger partial charge on any atom is -0.378 e. The van der Waals surface area contributed by atoms with Crippen molar-refractivity contribution in [3.63, 3.8) is 0 Å². The number of likely N-dealkylation sites (tertiary alicyclic amines) is 1. The highest BCUT2D eigenvalue weighted by Gasteiger charge is 2.24. The first-order chi connectivity index (χ1) is 13.6. The quantitative estimate of drug-likeness (QED) is 0.663. The number of piperidine rings is 1. The van der Waals surface area contributed by atoms with E-state index >= 15 is 0 Å². The van der Waals surface area contributed by atoms with Crippen LogP contribution >= 0.6 is 22.9 Å². The fraction of sp³-hybridized carbons (Fsp3) is 0.700. The summed E-state index contributed by atoms with van der Waals surface area (Å²) in [5.41, 5.74) is 0.965. The fourth-order valence-corrected chi connectivity index (χ4v) is 5.63. The van der Waals surface area contributed by atoms with Crippen molar-refractivity contribution in [1.82, 2.24) is 19.8 Å². The highest BCUT2D eigenvalue weighted by molar-refractivity contribution is 7.19. The highest BCUT2D eigenvalue weighted by atomic mass is 35.5. The Morgan fingerprint density at radius 1 is 1.21 bits per heavy atom. The van der Waals surface area contributed by atoms with E-state index in [0.29, 0.717) is 11.3 Å². The van der Waals surface area contributed by atoms with Crippen molar-refractivity contribution in [3.05, 3.63) is 16.2 Å². The molecular formula is C20H30ClN5OS. The van der Waals surface area contributed by atoms with Gasteiger partial charge in [-0.1, -0.05) is 6.92 Å². The number of thiophene rings is 1. The molecule has 0 aromatic carbocycles. The molecule has 0 bridgehead atoms. The van der Waals surface area contributed by atoms with E-state index in [0.717, 1.165) is 48.9 Å². The molecule has 2 saturated heterocycles. The number of ether oxygens (including phenoxy) is 1. The van der Waals surface area contributed by atoms with E-state index in [-0.39, 0.29) is 0 Å². The number of anilines is 1. The maximum atomic E-state index is 6.23. The van der Waals surface area contributed by atoms with Crippen LogP contribution in [0.5, 0.6) is 0 Å². The van der Waals surface area contributed by atoms with Crippen molar-refractivity contribution in [2.24, 2.45) is 0 Å². The molecule has 6 nitrogen and oxygen atoms in total. The number of fused-ring (bicyclic) bond motifs is 1. The molecule has 154 valence electrons. The Morgan fingerprint density at radius 3 is 2.68 bits per heavy atom. The van der Waals surface area contributed by atoms with Crippen molar-refractivity contribution in [3.8, 4) is 0 Å². The third-order valence-corrected chi connectivity index (χ3v) is 7.09. The maximum Gasteiger partial charge on any atom is 0.224 e. The number of rotatable bonds is 6. The largest absolute Gasteiger partial charge is 0.378 e. The number of halogens is 1. The van der Waals surface area contributed by atoms with Gasteiger partial charge in [0.2, 0.25) is 5.28 Å². The minimum atomic E-state index is 0.329. The lowest BCUT2D eigenvalue weighted by Crippen LogP contribution is -2.43. The molecule has 0 atom stereocenters. The van der Waals surface area contributed by atoms with E-state index in [2.05, 4.69) is 44.7 Å². The third kappa shape index (κ3) is 4.60. The number of morpholine rings is 1. The zero-order chi connectivity index (χ0) is 19.5. The number of hydrogen-bond acceptors (Lipinski definition) is 7. The number of nitrogens with zero attached hydrogens (tertiary/aromatic N) is 5. The summed E-state index contributed by atoms with van der Waals surface area (Å²) >= 11 is 8.04. The summed E-state index contributed by atoms with van der Waals surface area (Å²) in [5, 5.41) is 0.329. The van der Waals surface area contributed by atoms with Crippen LogP contribution in [-0.4, -0.2) is 78.8 Å². The van der Waals surface area contributed by atoms with E-state index < -0.39 is 0 Å². The molecule has 0 saturated carbocycles. The van der Waals surface area contributed by atoms with Crippen LogP contribution in [0.4, 0.5) is 5.82 Å². The molecule has 0 spiro atoms. The zero-order valence-corrected chi connectivity index (χ0v) is 18.4. The normalized spacial score (nSPS) is 19.8. The maximum absolute atomic E-state index is 6.23. The fourth-order valence-electron chi connectivity index (χ4n) is 4.28. The molecule has 0 amide bonds. The summed E-state index contributed by atoms with van der Waals surface area (Å²) in [6.07, 6.45) is 3.76. The predicted octanol–water partition coefficient (Wildman–Crippen LogP) is 3.49. The molecule has 2 aromatic rings. The van der Waals surface area contributed by atoms with E-state index in [1.807, 2.05) is 11.3 Å². The molecule has 28 heavy (non-hydrogen) atoms. The summed E-state index contributed by atoms with van der Waals surface area (Å²) in [5.74, 6) is 0.963. The van der Waals surface area contributed by atoms with Gasteiger partial charge in [0.1, 0.15) is 0 Å². The van der Waals surface area contributed by atoms with Crippen molar-refractivity contribution >= 4 is 39.0 Å². The zero-order valence-electron chi connectivity index (χ0n) is 16.9. The molecule has 2 fully saturated rings. The summed E-state index contributed by atoms with van der Waals surface area (Å²) in [6, 6.07) is 2.85. The Labute approximate surface area is 176 Å². The first kappa shape index (κ1) is 20.3. The molecule has 4 rings (SSSR count). The molecule has 2 aromatic heterocycles. The predicted molar refractivity (Wildman–Crippen MR) is 117 cm³/mol. The van der Waals surface area contributed by atoms with Crippen molar-refractivity contribution in [2.45, 2.75) is 38.8 Å². The van der Waals surface area contributed by atoms with Gasteiger partial charge in [0, 0.05) is 30.6 Å². The van der Waals surface area contributed by atoms with Gasteiger partial charge in [-0.05, 0) is 63.6 Å². The molecular weight excluding hydrogens is 394 g/mol. The van der Waals surface area contributed by atoms with Gasteiger partial charge in [0.15, 0.2) is 5.82 Å². The second-order valence-electron chi connectivity index (χ2n) is 7.83. The van der Waals surface area contributed by atoms with Gasteiger partial charge in [0.25, 0.3) is 0 Å². The minimum absolute atomic E-state index is 0.329. The van der Waals surface area contributed by atoms with Gasteiger partial charge < -0.3 is 14.5 Å². The standard InChI is InChI=1S/C20H30ClN5OS/c1-3-6-25-7-4-15(5-8-25)24(2)14-16-13-17-18(28-16)19(23-20(21)22-17)26-9-11-27-12-10-26/h13,15H,3-12,14H2,1-2H3. The Kier molecular flexibility index (Phi) is 6.68. The van der Waals surface area contributed by atoms with Crippen molar-refractivity contribution in [2.75, 3.05) is 57.9 Å². The van der Waals surface area contributed by atoms with Gasteiger partial charge >= 0.3 is 0 Å². The number of aromatic nitrogens is 2. The van der Waals surface area contributed by atoms with Crippen molar-refractivity contribution < 1.29 is 4.74 Å². The second-order valence-corrected chi connectivity index (χ2v) is 9.31. The van der Waals surface area contributed by atoms with Crippen LogP contribution in [0.25, 0.3) is 10.2 Å². The topological polar surface area (TPSA) is 44.7 Å². The van der Waals surface area contributed by atoms with E-state index in [1.54, 1.807) is 0 Å². The Balaban J connectivity index is 1.47. The highest BCUT2D eigenvalue weighted by Crippen LogP contribution is 2.34. The summed E-state index contributed by atoms with van der Waals surface area (Å²) < 4.78 is 6.63. The Hall–Kier alpha value is -0.990. The van der Waals surface area contributed by atoms with Crippen LogP contribution in [0.1, 0.15) is 31.1 Å². The second kappa shape index (κ2) is 9.22. The van der Waals surface area contributed by atoms with E-state index in [9.17, 15) is 0 Å². The van der Waals surface area contributed by atoms with E-state index in [4.69, 9.17) is 16.3 Å². The first-order valence-electron chi connectivity index (χ1n) is 10.3. The molecule has 2 aliphatic heterocycles. The Morgan fingerprint density at radius 2 is 1.96 bits per heavy atom. The average molecular weight is 424 g/mol. The molecule has 4 heterocycles. The van der Waals surface area contributed by atoms with E-state index in [1.165, 1.54) is 43.8 Å². The van der Waals surface area contributed by atoms with Gasteiger partial charge in [-0.15, -0.1) is 11.3 Å². The SMILES string of the molecule is CCCN1CCC(N(C)Cc2cc3nc(Cl)nc(N4CCOCC4)c3s2)CC1. The lowest BCUT2D eigenvalue weighted by Gasteiger charge is -2.36. The molecule has 0 radical (unpaired) electrons. The monoisotopic (exact) mass is 423 g/mol. The first-order valence-corrected chi connectivity index (χ1v) is 11.5. The van der Waals surface area contributed by atoms with Gasteiger partial charge in [-0.25, -0.2) is 4.98 Å². The summed E-state index contributed by atoms with van der Waals surface area (Å²) in [6.45, 7) is 10.1. The van der Waals surface area contributed by atoms with Gasteiger partial charge in [-0.3, -0.25) is 4.90 Å². The molecule has 8 heteroatoms. The van der Waals surface area contributed by atoms with Crippen LogP contribution in [0.3, 0.4) is 0 Å². The van der Waals surface area contributed by atoms with Gasteiger partial charge in [-0.2, -0.15) is 4.98 Å². The van der Waals surface area contributed by atoms with Gasteiger partial charge in [0.05, 0.1) is 23.4 Å². The number of hydrogen-bond donors (Lipinski definition) is 0. The lowest BCUT2D eigenvalue weighted by atomic mass is 10.0. The third-order valence-electron chi connectivity index (χ3n) is 5.81. The van der Waals surface area contributed by atoms with Crippen LogP contribution in [0.2, 0.25) is 5.28 Å². The smallest absolute Gasteiger partial charge is 0.224 e. The molecule has 0 N–H and O–H groups in total. The molecule has 0 aliphatic carbocycles. The molecule has 0 unspecified atom stereocenters.